The van der Waals surface area contributed by atoms with Crippen LogP contribution in [0.4, 0.5) is 0 Å². The SMILES string of the molecule is C=O.CN1CC2(c3nc4cc(Br)ccc4s3)CCC1CC2. The average Bonchev–Trinajstić information content (AvgIpc) is 2.94. The van der Waals surface area contributed by atoms with Crippen LogP contribution >= 0.6 is 27.3 Å². The molecule has 2 aliphatic heterocycles. The number of carbonyl (C=O) groups excluding carboxylic acids is 1. The minimum atomic E-state index is 0.333. The third kappa shape index (κ3) is 2.56. The van der Waals surface area contributed by atoms with E-state index < -0.39 is 0 Å². The van der Waals surface area contributed by atoms with E-state index in [0.29, 0.717) is 5.41 Å². The second kappa shape index (κ2) is 5.78. The highest BCUT2D eigenvalue weighted by atomic mass is 79.9. The molecule has 1 aromatic heterocycles. The van der Waals surface area contributed by atoms with Gasteiger partial charge >= 0.3 is 0 Å². The fourth-order valence-electron chi connectivity index (χ4n) is 3.77. The van der Waals surface area contributed by atoms with Crippen molar-refractivity contribution >= 4 is 44.3 Å². The Bertz CT molecular complexity index is 649. The van der Waals surface area contributed by atoms with Crippen LogP contribution in [0.3, 0.4) is 0 Å². The number of halogens is 1. The third-order valence-electron chi connectivity index (χ3n) is 4.89. The van der Waals surface area contributed by atoms with Gasteiger partial charge in [0, 0.05) is 22.5 Å². The van der Waals surface area contributed by atoms with E-state index in [-0.39, 0.29) is 0 Å². The van der Waals surface area contributed by atoms with Gasteiger partial charge in [-0.3, -0.25) is 0 Å². The number of carbonyl (C=O) groups is 1. The largest absolute Gasteiger partial charge is 0.307 e. The van der Waals surface area contributed by atoms with Crippen molar-refractivity contribution in [3.8, 4) is 0 Å². The standard InChI is InChI=1S/C15H17BrN2S.CH2O/c1-18-9-15(6-4-11(18)5-7-15)14-17-12-8-10(16)2-3-13(12)19-14;1-2/h2-3,8,11H,4-7,9H2,1H3;1H2. The normalized spacial score (nSPS) is 28.4. The highest BCUT2D eigenvalue weighted by Gasteiger charge is 2.46. The number of hydrogen-bond acceptors (Lipinski definition) is 4. The van der Waals surface area contributed by atoms with Crippen LogP contribution in [-0.2, 0) is 10.2 Å². The molecule has 3 nitrogen and oxygen atoms in total. The number of piperidine rings is 2. The molecule has 0 atom stereocenters. The van der Waals surface area contributed by atoms with Crippen LogP contribution in [0, 0.1) is 0 Å². The Balaban J connectivity index is 0.000000636. The Labute approximate surface area is 137 Å². The number of rotatable bonds is 1. The molecule has 1 aromatic carbocycles. The number of fused-ring (bicyclic) bond motifs is 4. The van der Waals surface area contributed by atoms with Gasteiger partial charge in [0.1, 0.15) is 11.8 Å². The van der Waals surface area contributed by atoms with E-state index in [9.17, 15) is 0 Å². The lowest BCUT2D eigenvalue weighted by Gasteiger charge is -2.50. The van der Waals surface area contributed by atoms with Crippen LogP contribution in [0.2, 0.25) is 0 Å². The zero-order valence-electron chi connectivity index (χ0n) is 12.1. The van der Waals surface area contributed by atoms with Crippen LogP contribution in [-0.4, -0.2) is 36.3 Å². The van der Waals surface area contributed by atoms with E-state index in [2.05, 4.69) is 46.1 Å². The van der Waals surface area contributed by atoms with E-state index >= 15 is 0 Å². The van der Waals surface area contributed by atoms with Gasteiger partial charge in [-0.2, -0.15) is 0 Å². The summed E-state index contributed by atoms with van der Waals surface area (Å²) in [7, 11) is 2.28. The van der Waals surface area contributed by atoms with Gasteiger partial charge < -0.3 is 9.69 Å². The van der Waals surface area contributed by atoms with Crippen LogP contribution in [0.1, 0.15) is 30.7 Å². The van der Waals surface area contributed by atoms with Crippen molar-refractivity contribution in [3.05, 3.63) is 27.7 Å². The van der Waals surface area contributed by atoms with Crippen molar-refractivity contribution in [2.24, 2.45) is 0 Å². The monoisotopic (exact) mass is 366 g/mol. The number of benzene rings is 1. The van der Waals surface area contributed by atoms with Crippen molar-refractivity contribution in [1.29, 1.82) is 0 Å². The fourth-order valence-corrected chi connectivity index (χ4v) is 5.30. The van der Waals surface area contributed by atoms with Gasteiger partial charge in [-0.25, -0.2) is 4.98 Å². The van der Waals surface area contributed by atoms with E-state index in [1.807, 2.05) is 18.1 Å². The summed E-state index contributed by atoms with van der Waals surface area (Å²) < 4.78 is 2.45. The molecule has 3 aliphatic rings. The molecule has 2 saturated heterocycles. The fraction of sp³-hybridized carbons (Fsp3) is 0.500. The molecule has 0 unspecified atom stereocenters. The summed E-state index contributed by atoms with van der Waals surface area (Å²) in [6.07, 6.45) is 5.33. The van der Waals surface area contributed by atoms with Crippen LogP contribution in [0.25, 0.3) is 10.2 Å². The smallest absolute Gasteiger partial charge is 0.106 e. The molecule has 0 spiro atoms. The molecule has 0 N–H and O–H groups in total. The zero-order chi connectivity index (χ0) is 15.0. The summed E-state index contributed by atoms with van der Waals surface area (Å²) in [5.41, 5.74) is 1.48. The molecule has 5 heteroatoms. The molecule has 3 fully saturated rings. The molecule has 0 radical (unpaired) electrons. The maximum absolute atomic E-state index is 8.00. The number of aromatic nitrogens is 1. The Morgan fingerprint density at radius 2 is 2.10 bits per heavy atom. The van der Waals surface area contributed by atoms with E-state index in [4.69, 9.17) is 9.78 Å². The highest BCUT2D eigenvalue weighted by Crippen LogP contribution is 2.47. The number of nitrogens with zero attached hydrogens (tertiary/aromatic N) is 2. The van der Waals surface area contributed by atoms with Crippen LogP contribution in [0.5, 0.6) is 0 Å². The molecule has 2 bridgehead atoms. The first-order valence-corrected chi connectivity index (χ1v) is 8.83. The summed E-state index contributed by atoms with van der Waals surface area (Å²) in [4.78, 5) is 15.5. The number of thiazole rings is 1. The third-order valence-corrected chi connectivity index (χ3v) is 6.67. The number of hydrogen-bond donors (Lipinski definition) is 0. The topological polar surface area (TPSA) is 33.2 Å². The first kappa shape index (κ1) is 15.1. The van der Waals surface area contributed by atoms with Crippen molar-refractivity contribution in [2.45, 2.75) is 37.1 Å². The molecule has 112 valence electrons. The maximum atomic E-state index is 8.00. The van der Waals surface area contributed by atoms with Crippen molar-refractivity contribution < 1.29 is 4.79 Å². The Kier molecular flexibility index (Phi) is 4.17. The molecule has 1 saturated carbocycles. The average molecular weight is 367 g/mol. The molecular formula is C16H19BrN2OS. The van der Waals surface area contributed by atoms with Gasteiger partial charge in [-0.15, -0.1) is 11.3 Å². The maximum Gasteiger partial charge on any atom is 0.106 e. The summed E-state index contributed by atoms with van der Waals surface area (Å²) in [6, 6.07) is 7.27. The van der Waals surface area contributed by atoms with E-state index in [1.54, 1.807) is 0 Å². The molecule has 3 heterocycles. The predicted molar refractivity (Wildman–Crippen MR) is 91.0 cm³/mol. The summed E-state index contributed by atoms with van der Waals surface area (Å²) in [6.45, 7) is 3.19. The second-order valence-electron chi connectivity index (χ2n) is 6.06. The summed E-state index contributed by atoms with van der Waals surface area (Å²) >= 11 is 5.45. The first-order valence-electron chi connectivity index (χ1n) is 7.22. The van der Waals surface area contributed by atoms with Gasteiger partial charge in [-0.05, 0) is 50.9 Å². The first-order chi connectivity index (χ1) is 10.2. The Morgan fingerprint density at radius 3 is 2.76 bits per heavy atom. The van der Waals surface area contributed by atoms with E-state index in [1.165, 1.54) is 41.9 Å². The molecule has 5 rings (SSSR count). The highest BCUT2D eigenvalue weighted by molar-refractivity contribution is 9.10. The predicted octanol–water partition coefficient (Wildman–Crippen LogP) is 4.00. The van der Waals surface area contributed by atoms with Gasteiger partial charge in [0.2, 0.25) is 0 Å². The lowest BCUT2D eigenvalue weighted by molar-refractivity contribution is -0.0979. The molecule has 2 aromatic rings. The summed E-state index contributed by atoms with van der Waals surface area (Å²) in [5, 5.41) is 1.37. The van der Waals surface area contributed by atoms with Gasteiger partial charge in [0.15, 0.2) is 0 Å². The molecule has 1 aliphatic carbocycles. The summed E-state index contributed by atoms with van der Waals surface area (Å²) in [5.74, 6) is 0. The van der Waals surface area contributed by atoms with Crippen molar-refractivity contribution in [3.63, 3.8) is 0 Å². The van der Waals surface area contributed by atoms with Crippen LogP contribution < -0.4 is 0 Å². The number of likely N-dealkylation sites (N-methyl/N-ethyl adjacent to an activating group) is 1. The molecule has 21 heavy (non-hydrogen) atoms. The Hall–Kier alpha value is -0.780. The minimum Gasteiger partial charge on any atom is -0.307 e. The quantitative estimate of drug-likeness (QED) is 0.764. The van der Waals surface area contributed by atoms with Crippen molar-refractivity contribution in [1.82, 2.24) is 9.88 Å². The Morgan fingerprint density at radius 1 is 1.38 bits per heavy atom. The molecule has 0 amide bonds. The van der Waals surface area contributed by atoms with Crippen LogP contribution in [0.15, 0.2) is 22.7 Å². The lowest BCUT2D eigenvalue weighted by atomic mass is 9.68. The van der Waals surface area contributed by atoms with Gasteiger partial charge in [0.25, 0.3) is 0 Å². The lowest BCUT2D eigenvalue weighted by Crippen LogP contribution is -2.54. The van der Waals surface area contributed by atoms with Crippen molar-refractivity contribution in [2.75, 3.05) is 13.6 Å². The second-order valence-corrected chi connectivity index (χ2v) is 8.00. The van der Waals surface area contributed by atoms with Gasteiger partial charge in [-0.1, -0.05) is 15.9 Å². The minimum absolute atomic E-state index is 0.333. The zero-order valence-corrected chi connectivity index (χ0v) is 14.5. The van der Waals surface area contributed by atoms with Gasteiger partial charge in [0.05, 0.1) is 10.2 Å². The molecular weight excluding hydrogens is 348 g/mol. The van der Waals surface area contributed by atoms with E-state index in [0.717, 1.165) is 16.0 Å².